The summed E-state index contributed by atoms with van der Waals surface area (Å²) >= 11 is 4.62. The molecule has 0 aliphatic heterocycles. The fourth-order valence-electron chi connectivity index (χ4n) is 2.12. The minimum Gasteiger partial charge on any atom is -0.342 e. The van der Waals surface area contributed by atoms with Gasteiger partial charge in [-0.2, -0.15) is 11.3 Å². The van der Waals surface area contributed by atoms with Gasteiger partial charge in [-0.15, -0.1) is 22.7 Å². The topological polar surface area (TPSA) is 54.9 Å². The highest BCUT2D eigenvalue weighted by Gasteiger charge is 2.21. The molecule has 4 nitrogen and oxygen atoms in total. The Kier molecular flexibility index (Phi) is 4.66. The van der Waals surface area contributed by atoms with E-state index in [1.54, 1.807) is 28.2 Å². The lowest BCUT2D eigenvalue weighted by Crippen LogP contribution is -2.29. The molecule has 0 spiro atoms. The van der Waals surface area contributed by atoms with Crippen molar-refractivity contribution in [2.75, 3.05) is 0 Å². The maximum atomic E-state index is 12.5. The minimum atomic E-state index is -0.109. The highest BCUT2D eigenvalue weighted by molar-refractivity contribution is 7.12. The first-order chi connectivity index (χ1) is 10.6. The molecule has 3 aromatic heterocycles. The van der Waals surface area contributed by atoms with Crippen LogP contribution in [0.2, 0.25) is 0 Å². The lowest BCUT2D eigenvalue weighted by Gasteiger charge is -2.15. The molecule has 0 fully saturated rings. The van der Waals surface area contributed by atoms with Crippen molar-refractivity contribution in [2.24, 2.45) is 0 Å². The molecule has 7 heteroatoms. The van der Waals surface area contributed by atoms with E-state index in [4.69, 9.17) is 0 Å². The normalized spacial score (nSPS) is 12.3. The number of hydrogen-bond donors (Lipinski definition) is 1. The summed E-state index contributed by atoms with van der Waals surface area (Å²) in [6.07, 6.45) is 0.750. The largest absolute Gasteiger partial charge is 0.342 e. The molecular weight excluding hydrogens is 334 g/mol. The van der Waals surface area contributed by atoms with Crippen molar-refractivity contribution in [3.05, 3.63) is 54.6 Å². The molecule has 1 N–H and O–H groups in total. The number of amides is 1. The Morgan fingerprint density at radius 2 is 2.18 bits per heavy atom. The Balaban J connectivity index is 1.82. The van der Waals surface area contributed by atoms with E-state index in [9.17, 15) is 4.79 Å². The Hall–Kier alpha value is -1.57. The average molecular weight is 350 g/mol. The average Bonchev–Trinajstić information content (AvgIpc) is 3.20. The summed E-state index contributed by atoms with van der Waals surface area (Å²) in [4.78, 5) is 21.8. The van der Waals surface area contributed by atoms with Gasteiger partial charge in [0.25, 0.3) is 5.91 Å². The van der Waals surface area contributed by atoms with Crippen LogP contribution in [0.3, 0.4) is 0 Å². The summed E-state index contributed by atoms with van der Waals surface area (Å²) in [5.74, 6) is -0.0758. The molecule has 0 saturated carbocycles. The number of thiazole rings is 2. The second-order valence-corrected chi connectivity index (χ2v) is 7.48. The minimum absolute atomic E-state index is 0.0758. The molecule has 0 radical (unpaired) electrons. The number of aryl methyl sites for hydroxylation is 2. The molecule has 0 bridgehead atoms. The van der Waals surface area contributed by atoms with E-state index in [2.05, 4.69) is 32.1 Å². The monoisotopic (exact) mass is 349 g/mol. The van der Waals surface area contributed by atoms with Gasteiger partial charge < -0.3 is 5.32 Å². The summed E-state index contributed by atoms with van der Waals surface area (Å²) in [7, 11) is 0. The summed E-state index contributed by atoms with van der Waals surface area (Å²) in [5.41, 5.74) is 4.67. The second-order valence-electron chi connectivity index (χ2n) is 4.96. The zero-order chi connectivity index (χ0) is 15.5. The molecule has 0 unspecified atom stereocenters. The standard InChI is InChI=1S/C15H15N3OS3/c1-9-6-21-15(17-9)12(5-11-3-4-20-7-11)18-14(19)13-10(2)16-8-22-13/h3-4,6-8,12H,5H2,1-2H3,(H,18,19)/t12-/m0/s1. The molecule has 0 aromatic carbocycles. The summed E-state index contributed by atoms with van der Waals surface area (Å²) in [6, 6.07) is 1.98. The number of aromatic nitrogens is 2. The molecule has 3 rings (SSSR count). The molecule has 0 saturated heterocycles. The van der Waals surface area contributed by atoms with E-state index in [1.807, 2.05) is 19.2 Å². The van der Waals surface area contributed by atoms with Crippen molar-refractivity contribution >= 4 is 39.9 Å². The van der Waals surface area contributed by atoms with Gasteiger partial charge in [0, 0.05) is 17.5 Å². The first-order valence-corrected chi connectivity index (χ1v) is 9.47. The van der Waals surface area contributed by atoms with Crippen molar-refractivity contribution in [2.45, 2.75) is 26.3 Å². The molecule has 0 aliphatic carbocycles. The van der Waals surface area contributed by atoms with Crippen LogP contribution in [0.4, 0.5) is 0 Å². The van der Waals surface area contributed by atoms with Gasteiger partial charge in [0.05, 0.1) is 17.2 Å². The van der Waals surface area contributed by atoms with Crippen LogP contribution in [0.25, 0.3) is 0 Å². The predicted molar refractivity (Wildman–Crippen MR) is 91.9 cm³/mol. The number of nitrogens with zero attached hydrogens (tertiary/aromatic N) is 2. The van der Waals surface area contributed by atoms with E-state index < -0.39 is 0 Å². The van der Waals surface area contributed by atoms with E-state index >= 15 is 0 Å². The number of carbonyl (C=O) groups excluding carboxylic acids is 1. The van der Waals surface area contributed by atoms with Gasteiger partial charge in [-0.1, -0.05) is 0 Å². The van der Waals surface area contributed by atoms with Crippen molar-refractivity contribution in [3.8, 4) is 0 Å². The van der Waals surface area contributed by atoms with Crippen LogP contribution in [0.5, 0.6) is 0 Å². The number of thiophene rings is 1. The smallest absolute Gasteiger partial charge is 0.263 e. The molecule has 22 heavy (non-hydrogen) atoms. The van der Waals surface area contributed by atoms with Gasteiger partial charge in [0.1, 0.15) is 9.88 Å². The van der Waals surface area contributed by atoms with E-state index in [0.717, 1.165) is 22.8 Å². The van der Waals surface area contributed by atoms with Crippen LogP contribution in [0.1, 0.15) is 37.7 Å². The first kappa shape index (κ1) is 15.3. The molecule has 114 valence electrons. The van der Waals surface area contributed by atoms with Crippen LogP contribution in [-0.4, -0.2) is 15.9 Å². The van der Waals surface area contributed by atoms with Gasteiger partial charge >= 0.3 is 0 Å². The highest BCUT2D eigenvalue weighted by Crippen LogP contribution is 2.24. The fraction of sp³-hybridized carbons (Fsp3) is 0.267. The van der Waals surface area contributed by atoms with Crippen LogP contribution in [-0.2, 0) is 6.42 Å². The molecule has 1 amide bonds. The van der Waals surface area contributed by atoms with Crippen LogP contribution < -0.4 is 5.32 Å². The van der Waals surface area contributed by atoms with Crippen LogP contribution in [0, 0.1) is 13.8 Å². The second kappa shape index (κ2) is 6.68. The molecule has 3 heterocycles. The molecule has 0 aliphatic rings. The lowest BCUT2D eigenvalue weighted by atomic mass is 10.1. The Morgan fingerprint density at radius 1 is 1.32 bits per heavy atom. The summed E-state index contributed by atoms with van der Waals surface area (Å²) < 4.78 is 0. The Morgan fingerprint density at radius 3 is 2.77 bits per heavy atom. The Labute approximate surface area is 140 Å². The maximum Gasteiger partial charge on any atom is 0.263 e. The number of nitrogens with one attached hydrogen (secondary N) is 1. The zero-order valence-corrected chi connectivity index (χ0v) is 14.6. The number of carbonyl (C=O) groups is 1. The van der Waals surface area contributed by atoms with Gasteiger partial charge in [-0.3, -0.25) is 4.79 Å². The third-order valence-electron chi connectivity index (χ3n) is 3.21. The van der Waals surface area contributed by atoms with E-state index in [-0.39, 0.29) is 11.9 Å². The third-order valence-corrected chi connectivity index (χ3v) is 5.95. The molecule has 3 aromatic rings. The predicted octanol–water partition coefficient (Wildman–Crippen LogP) is 3.99. The SMILES string of the molecule is Cc1csc([C@H](Cc2ccsc2)NC(=O)c2scnc2C)n1. The van der Waals surface area contributed by atoms with Crippen molar-refractivity contribution in [3.63, 3.8) is 0 Å². The van der Waals surface area contributed by atoms with E-state index in [1.165, 1.54) is 16.9 Å². The van der Waals surface area contributed by atoms with Gasteiger partial charge in [0.15, 0.2) is 0 Å². The van der Waals surface area contributed by atoms with Crippen LogP contribution >= 0.6 is 34.0 Å². The van der Waals surface area contributed by atoms with Gasteiger partial charge in [-0.05, 0) is 36.2 Å². The van der Waals surface area contributed by atoms with Crippen molar-refractivity contribution in [1.29, 1.82) is 0 Å². The molecular formula is C15H15N3OS3. The third kappa shape index (κ3) is 3.43. The van der Waals surface area contributed by atoms with E-state index in [0.29, 0.717) is 4.88 Å². The quantitative estimate of drug-likeness (QED) is 0.758. The lowest BCUT2D eigenvalue weighted by molar-refractivity contribution is 0.0939. The number of rotatable bonds is 5. The Bertz CT molecular complexity index is 761. The van der Waals surface area contributed by atoms with Crippen molar-refractivity contribution < 1.29 is 4.79 Å². The number of hydrogen-bond acceptors (Lipinski definition) is 6. The first-order valence-electron chi connectivity index (χ1n) is 6.77. The highest BCUT2D eigenvalue weighted by atomic mass is 32.1. The van der Waals surface area contributed by atoms with Crippen LogP contribution in [0.15, 0.2) is 27.7 Å². The zero-order valence-electron chi connectivity index (χ0n) is 12.2. The van der Waals surface area contributed by atoms with Gasteiger partial charge in [-0.25, -0.2) is 9.97 Å². The van der Waals surface area contributed by atoms with Crippen molar-refractivity contribution in [1.82, 2.24) is 15.3 Å². The maximum absolute atomic E-state index is 12.5. The summed E-state index contributed by atoms with van der Waals surface area (Å²) in [6.45, 7) is 3.82. The van der Waals surface area contributed by atoms with Gasteiger partial charge in [0.2, 0.25) is 0 Å². The molecule has 1 atom stereocenters. The summed E-state index contributed by atoms with van der Waals surface area (Å²) in [5, 5.41) is 10.2. The fourth-order valence-corrected chi connectivity index (χ4v) is 4.35.